The minimum absolute atomic E-state index is 0.0723. The molecule has 2 aromatic heterocycles. The predicted molar refractivity (Wildman–Crippen MR) is 128 cm³/mol. The lowest BCUT2D eigenvalue weighted by molar-refractivity contribution is -0.172. The average Bonchev–Trinajstić information content (AvgIpc) is 3.16. The summed E-state index contributed by atoms with van der Waals surface area (Å²) in [6.45, 7) is 7.33. The number of benzene rings is 1. The molecule has 0 saturated heterocycles. The highest BCUT2D eigenvalue weighted by Gasteiger charge is 2.45. The van der Waals surface area contributed by atoms with Crippen LogP contribution in [0.2, 0.25) is 0 Å². The van der Waals surface area contributed by atoms with Crippen LogP contribution in [0.5, 0.6) is 0 Å². The van der Waals surface area contributed by atoms with Crippen LogP contribution in [-0.4, -0.2) is 32.4 Å². The van der Waals surface area contributed by atoms with E-state index < -0.39 is 17.2 Å². The molecule has 0 radical (unpaired) electrons. The maximum absolute atomic E-state index is 14.8. The molecule has 1 N–H and O–H groups in total. The van der Waals surface area contributed by atoms with E-state index in [1.807, 2.05) is 26.8 Å². The van der Waals surface area contributed by atoms with Crippen LogP contribution >= 0.6 is 0 Å². The Morgan fingerprint density at radius 1 is 1.31 bits per heavy atom. The first-order chi connectivity index (χ1) is 16.5. The van der Waals surface area contributed by atoms with Gasteiger partial charge >= 0.3 is 5.97 Å². The molecular formula is C26H26FN3O5. The number of rotatable bonds is 4. The molecule has 1 aromatic carbocycles. The Morgan fingerprint density at radius 3 is 2.80 bits per heavy atom. The number of oxime groups is 1. The predicted octanol–water partition coefficient (Wildman–Crippen LogP) is 3.56. The summed E-state index contributed by atoms with van der Waals surface area (Å²) >= 11 is 0. The number of carbonyl (C=O) groups is 1. The van der Waals surface area contributed by atoms with Crippen LogP contribution < -0.4 is 5.56 Å². The van der Waals surface area contributed by atoms with Gasteiger partial charge in [0.05, 0.1) is 29.0 Å². The van der Waals surface area contributed by atoms with Gasteiger partial charge in [-0.1, -0.05) is 12.1 Å². The lowest BCUT2D eigenvalue weighted by atomic mass is 9.86. The van der Waals surface area contributed by atoms with Crippen molar-refractivity contribution in [3.63, 3.8) is 0 Å². The van der Waals surface area contributed by atoms with Gasteiger partial charge in [-0.25, -0.2) is 14.2 Å². The van der Waals surface area contributed by atoms with Crippen LogP contribution in [-0.2, 0) is 39.5 Å². The maximum Gasteiger partial charge on any atom is 0.343 e. The van der Waals surface area contributed by atoms with E-state index in [4.69, 9.17) is 14.6 Å². The standard InChI is InChI=1S/C26H26FN3O5/c1-5-26(33)18-11-21-22-14(12-30(21)23(31)17(18)13-34-24(26)32)10-16-15(8-9-28-35-25(2,3)4)19(27)6-7-20(16)29-22/h6-7,9-11,33H,5,8,12-13H2,1-4H3/t26-/m0/s1. The molecule has 5 rings (SSSR count). The molecule has 9 heteroatoms. The summed E-state index contributed by atoms with van der Waals surface area (Å²) in [6, 6.07) is 6.45. The SMILES string of the molecule is CC[C@@]1(O)C(=O)OCc2c1cc1n(c2=O)Cc2cc3c(CC=NOC(C)(C)C)c(F)ccc3nc2-1. The Balaban J connectivity index is 1.61. The molecule has 0 unspecified atom stereocenters. The summed E-state index contributed by atoms with van der Waals surface area (Å²) < 4.78 is 21.4. The number of pyridine rings is 2. The van der Waals surface area contributed by atoms with Crippen molar-refractivity contribution < 1.29 is 23.9 Å². The van der Waals surface area contributed by atoms with E-state index in [9.17, 15) is 19.1 Å². The summed E-state index contributed by atoms with van der Waals surface area (Å²) in [7, 11) is 0. The molecule has 0 amide bonds. The van der Waals surface area contributed by atoms with Crippen LogP contribution in [0, 0.1) is 5.82 Å². The van der Waals surface area contributed by atoms with E-state index in [2.05, 4.69) is 5.16 Å². The van der Waals surface area contributed by atoms with Gasteiger partial charge in [-0.15, -0.1) is 0 Å². The van der Waals surface area contributed by atoms with Crippen molar-refractivity contribution in [1.82, 2.24) is 9.55 Å². The van der Waals surface area contributed by atoms with E-state index in [1.54, 1.807) is 23.6 Å². The van der Waals surface area contributed by atoms with Gasteiger partial charge in [0.15, 0.2) is 5.60 Å². The highest BCUT2D eigenvalue weighted by molar-refractivity contribution is 5.89. The number of nitrogens with zero attached hydrogens (tertiary/aromatic N) is 3. The fraction of sp³-hybridized carbons (Fsp3) is 0.385. The molecule has 1 atom stereocenters. The lowest BCUT2D eigenvalue weighted by Crippen LogP contribution is -2.44. The highest BCUT2D eigenvalue weighted by atomic mass is 19.1. The maximum atomic E-state index is 14.8. The first-order valence-corrected chi connectivity index (χ1v) is 11.5. The fourth-order valence-electron chi connectivity index (χ4n) is 4.62. The van der Waals surface area contributed by atoms with Gasteiger partial charge in [0.25, 0.3) is 5.56 Å². The zero-order valence-corrected chi connectivity index (χ0v) is 20.0. The zero-order chi connectivity index (χ0) is 25.1. The largest absolute Gasteiger partial charge is 0.458 e. The molecule has 0 fully saturated rings. The summed E-state index contributed by atoms with van der Waals surface area (Å²) in [5.41, 5.74) is 0.677. The summed E-state index contributed by atoms with van der Waals surface area (Å²) in [5, 5.41) is 15.6. The van der Waals surface area contributed by atoms with E-state index in [-0.39, 0.29) is 48.5 Å². The summed E-state index contributed by atoms with van der Waals surface area (Å²) in [5.74, 6) is -1.15. The Labute approximate surface area is 201 Å². The van der Waals surface area contributed by atoms with Crippen molar-refractivity contribution in [2.45, 2.75) is 64.9 Å². The smallest absolute Gasteiger partial charge is 0.343 e. The number of cyclic esters (lactones) is 1. The van der Waals surface area contributed by atoms with E-state index >= 15 is 0 Å². The topological polar surface area (TPSA) is 103 Å². The van der Waals surface area contributed by atoms with E-state index in [0.717, 1.165) is 5.56 Å². The first-order valence-electron chi connectivity index (χ1n) is 11.5. The number of halogens is 1. The van der Waals surface area contributed by atoms with E-state index in [1.165, 1.54) is 12.3 Å². The van der Waals surface area contributed by atoms with Crippen LogP contribution in [0.1, 0.15) is 56.4 Å². The minimum atomic E-state index is -1.88. The van der Waals surface area contributed by atoms with Gasteiger partial charge < -0.3 is 19.2 Å². The second-order valence-corrected chi connectivity index (χ2v) is 9.89. The second kappa shape index (κ2) is 7.98. The third kappa shape index (κ3) is 3.70. The van der Waals surface area contributed by atoms with Crippen molar-refractivity contribution in [2.24, 2.45) is 5.16 Å². The Morgan fingerprint density at radius 2 is 2.09 bits per heavy atom. The number of fused-ring (bicyclic) bond motifs is 5. The lowest BCUT2D eigenvalue weighted by Gasteiger charge is -2.31. The molecule has 2 aliphatic rings. The van der Waals surface area contributed by atoms with Gasteiger partial charge in [0.2, 0.25) is 0 Å². The third-order valence-corrected chi connectivity index (χ3v) is 6.44. The van der Waals surface area contributed by atoms with Crippen molar-refractivity contribution in [2.75, 3.05) is 0 Å². The second-order valence-electron chi connectivity index (χ2n) is 9.89. The van der Waals surface area contributed by atoms with Crippen molar-refractivity contribution in [3.8, 4) is 11.4 Å². The monoisotopic (exact) mass is 479 g/mol. The molecule has 0 aliphatic carbocycles. The fourth-order valence-corrected chi connectivity index (χ4v) is 4.62. The highest BCUT2D eigenvalue weighted by Crippen LogP contribution is 2.39. The molecule has 182 valence electrons. The normalized spacial score (nSPS) is 19.0. The van der Waals surface area contributed by atoms with Gasteiger partial charge in [0.1, 0.15) is 18.0 Å². The van der Waals surface area contributed by atoms with Gasteiger partial charge in [0, 0.05) is 34.7 Å². The van der Waals surface area contributed by atoms with Crippen molar-refractivity contribution >= 4 is 23.1 Å². The minimum Gasteiger partial charge on any atom is -0.458 e. The molecule has 0 spiro atoms. The van der Waals surface area contributed by atoms with Crippen molar-refractivity contribution in [3.05, 3.63) is 62.7 Å². The first kappa shape index (κ1) is 23.2. The van der Waals surface area contributed by atoms with E-state index in [0.29, 0.717) is 27.9 Å². The number of carbonyl (C=O) groups excluding carboxylic acids is 1. The number of esters is 1. The summed E-state index contributed by atoms with van der Waals surface area (Å²) in [4.78, 5) is 35.7. The molecule has 35 heavy (non-hydrogen) atoms. The van der Waals surface area contributed by atoms with Gasteiger partial charge in [-0.3, -0.25) is 4.79 Å². The quantitative estimate of drug-likeness (QED) is 0.273. The van der Waals surface area contributed by atoms with Gasteiger partial charge in [-0.2, -0.15) is 0 Å². The Bertz CT molecular complexity index is 1470. The molecule has 0 bridgehead atoms. The molecule has 3 aromatic rings. The van der Waals surface area contributed by atoms with Gasteiger partial charge in [-0.05, 0) is 51.5 Å². The molecule has 4 heterocycles. The van der Waals surface area contributed by atoms with Crippen molar-refractivity contribution in [1.29, 1.82) is 0 Å². The number of aliphatic hydroxyl groups is 1. The zero-order valence-electron chi connectivity index (χ0n) is 20.0. The Kier molecular flexibility index (Phi) is 5.28. The van der Waals surface area contributed by atoms with Crippen LogP contribution in [0.4, 0.5) is 4.39 Å². The number of ether oxygens (including phenoxy) is 1. The number of aromatic nitrogens is 2. The number of hydrogen-bond donors (Lipinski definition) is 1. The summed E-state index contributed by atoms with van der Waals surface area (Å²) in [6.07, 6.45) is 1.80. The molecule has 2 aliphatic heterocycles. The Hall–Kier alpha value is -3.59. The average molecular weight is 480 g/mol. The molecule has 8 nitrogen and oxygen atoms in total. The van der Waals surface area contributed by atoms with Crippen LogP contribution in [0.3, 0.4) is 0 Å². The third-order valence-electron chi connectivity index (χ3n) is 6.44. The van der Waals surface area contributed by atoms with Crippen LogP contribution in [0.15, 0.2) is 34.2 Å². The molecule has 0 saturated carbocycles. The molecular weight excluding hydrogens is 453 g/mol. The number of hydrogen-bond acceptors (Lipinski definition) is 7. The van der Waals surface area contributed by atoms with Crippen LogP contribution in [0.25, 0.3) is 22.3 Å².